The lowest BCUT2D eigenvalue weighted by molar-refractivity contribution is 0.0828. The average Bonchev–Trinajstić information content (AvgIpc) is 2.90. The van der Waals surface area contributed by atoms with Gasteiger partial charge in [-0.25, -0.2) is 0 Å². The minimum absolute atomic E-state index is 0.144. The molecule has 5 nitrogen and oxygen atoms in total. The van der Waals surface area contributed by atoms with Gasteiger partial charge in [0, 0.05) is 50.6 Å². The Kier molecular flexibility index (Phi) is 5.23. The molecule has 27 heavy (non-hydrogen) atoms. The van der Waals surface area contributed by atoms with Gasteiger partial charge < -0.3 is 15.1 Å². The van der Waals surface area contributed by atoms with Gasteiger partial charge in [0.15, 0.2) is 5.11 Å². The van der Waals surface area contributed by atoms with Crippen molar-refractivity contribution in [3.8, 4) is 0 Å². The molecule has 6 heteroatoms. The second-order valence-electron chi connectivity index (χ2n) is 8.69. The summed E-state index contributed by atoms with van der Waals surface area (Å²) < 4.78 is 0. The van der Waals surface area contributed by atoms with Gasteiger partial charge in [-0.15, -0.1) is 0 Å². The third kappa shape index (κ3) is 3.62. The molecule has 3 atom stereocenters. The van der Waals surface area contributed by atoms with E-state index in [-0.39, 0.29) is 11.5 Å². The lowest BCUT2D eigenvalue weighted by atomic mass is 9.64. The van der Waals surface area contributed by atoms with E-state index < -0.39 is 0 Å². The zero-order valence-corrected chi connectivity index (χ0v) is 17.4. The van der Waals surface area contributed by atoms with Crippen LogP contribution in [0.2, 0.25) is 0 Å². The second kappa shape index (κ2) is 7.49. The Hall–Kier alpha value is -1.50. The van der Waals surface area contributed by atoms with Crippen molar-refractivity contribution in [1.82, 2.24) is 20.5 Å². The Bertz CT molecular complexity index is 701. The highest BCUT2D eigenvalue weighted by molar-refractivity contribution is 7.80. The Morgan fingerprint density at radius 3 is 2.33 bits per heavy atom. The predicted octanol–water partition coefficient (Wildman–Crippen LogP) is 2.47. The lowest BCUT2D eigenvalue weighted by Crippen LogP contribution is -2.63. The summed E-state index contributed by atoms with van der Waals surface area (Å²) in [6, 6.07) is 10.5. The van der Waals surface area contributed by atoms with Crippen LogP contribution in [0.25, 0.3) is 0 Å². The van der Waals surface area contributed by atoms with Crippen molar-refractivity contribution >= 4 is 23.0 Å². The molecule has 1 aromatic carbocycles. The molecule has 0 aliphatic carbocycles. The molecule has 0 saturated carbocycles. The summed E-state index contributed by atoms with van der Waals surface area (Å²) in [7, 11) is 0. The zero-order chi connectivity index (χ0) is 19.0. The van der Waals surface area contributed by atoms with Crippen LogP contribution >= 0.6 is 12.2 Å². The molecule has 4 fully saturated rings. The fourth-order valence-electron chi connectivity index (χ4n) is 5.05. The Balaban J connectivity index is 1.48. The number of hydrazone groups is 1. The molecule has 0 aromatic heterocycles. The number of benzene rings is 1. The van der Waals surface area contributed by atoms with Crippen LogP contribution in [0.5, 0.6) is 0 Å². The summed E-state index contributed by atoms with van der Waals surface area (Å²) >= 11 is 5.54. The van der Waals surface area contributed by atoms with Crippen LogP contribution in [0.15, 0.2) is 35.4 Å². The number of thiocarbonyl (C=S) groups is 1. The van der Waals surface area contributed by atoms with Crippen molar-refractivity contribution in [3.05, 3.63) is 35.9 Å². The summed E-state index contributed by atoms with van der Waals surface area (Å²) in [6.07, 6.45) is 0. The van der Waals surface area contributed by atoms with Gasteiger partial charge in [0.05, 0.1) is 11.8 Å². The van der Waals surface area contributed by atoms with Gasteiger partial charge in [0.1, 0.15) is 0 Å². The van der Waals surface area contributed by atoms with Crippen LogP contribution in [-0.4, -0.2) is 59.9 Å². The first kappa shape index (κ1) is 18.8. The van der Waals surface area contributed by atoms with Crippen LogP contribution in [0.4, 0.5) is 0 Å². The van der Waals surface area contributed by atoms with E-state index in [4.69, 9.17) is 17.3 Å². The maximum absolute atomic E-state index is 5.54. The molecule has 4 bridgehead atoms. The fourth-order valence-corrected chi connectivity index (χ4v) is 5.27. The minimum Gasteiger partial charge on any atom is -0.355 e. The van der Waals surface area contributed by atoms with Crippen LogP contribution in [0.3, 0.4) is 0 Å². The SMILES string of the molecule is CC(C)C12CN3CCN(CC(C3)/C1=N\NC(=S)N[C@H](C)c1ccccc1)C2. The van der Waals surface area contributed by atoms with Crippen molar-refractivity contribution in [1.29, 1.82) is 0 Å². The monoisotopic (exact) mass is 385 g/mol. The van der Waals surface area contributed by atoms with Crippen molar-refractivity contribution in [2.24, 2.45) is 22.4 Å². The highest BCUT2D eigenvalue weighted by Gasteiger charge is 2.53. The highest BCUT2D eigenvalue weighted by Crippen LogP contribution is 2.43. The summed E-state index contributed by atoms with van der Waals surface area (Å²) in [5.74, 6) is 1.08. The smallest absolute Gasteiger partial charge is 0.187 e. The summed E-state index contributed by atoms with van der Waals surface area (Å²) in [6.45, 7) is 13.7. The first-order valence-corrected chi connectivity index (χ1v) is 10.5. The van der Waals surface area contributed by atoms with Crippen molar-refractivity contribution in [2.75, 3.05) is 39.3 Å². The number of hydrogen-bond acceptors (Lipinski definition) is 4. The van der Waals surface area contributed by atoms with Crippen LogP contribution in [0.1, 0.15) is 32.4 Å². The van der Waals surface area contributed by atoms with Gasteiger partial charge in [-0.2, -0.15) is 5.10 Å². The van der Waals surface area contributed by atoms with E-state index in [1.54, 1.807) is 0 Å². The number of hydrogen-bond donors (Lipinski definition) is 2. The van der Waals surface area contributed by atoms with E-state index >= 15 is 0 Å². The molecule has 0 radical (unpaired) electrons. The molecule has 4 saturated heterocycles. The van der Waals surface area contributed by atoms with E-state index in [0.717, 1.165) is 26.2 Å². The Morgan fingerprint density at radius 1 is 1.11 bits per heavy atom. The van der Waals surface area contributed by atoms with Crippen LogP contribution in [0, 0.1) is 17.3 Å². The van der Waals surface area contributed by atoms with Gasteiger partial charge in [-0.05, 0) is 30.6 Å². The topological polar surface area (TPSA) is 42.9 Å². The molecule has 2 unspecified atom stereocenters. The van der Waals surface area contributed by atoms with E-state index in [1.807, 2.05) is 6.07 Å². The minimum atomic E-state index is 0.144. The molecule has 0 amide bonds. The maximum Gasteiger partial charge on any atom is 0.187 e. The van der Waals surface area contributed by atoms with Gasteiger partial charge in [0.25, 0.3) is 0 Å². The van der Waals surface area contributed by atoms with Crippen molar-refractivity contribution in [2.45, 2.75) is 26.8 Å². The standard InChI is InChI=1S/C21H31N5S/c1-15(2)21-13-25-9-10-26(14-21)12-18(11-25)19(21)23-24-20(27)22-16(3)17-7-5-4-6-8-17/h4-8,15-16,18H,9-14H2,1-3H3,(H2,22,24,27)/b23-19+/t16-,18?,21?/m1/s1. The third-order valence-corrected chi connectivity index (χ3v) is 6.84. The van der Waals surface area contributed by atoms with E-state index in [2.05, 4.69) is 65.6 Å². The van der Waals surface area contributed by atoms with E-state index in [1.165, 1.54) is 24.4 Å². The van der Waals surface area contributed by atoms with Crippen LogP contribution in [-0.2, 0) is 0 Å². The molecular formula is C21H31N5S. The Labute approximate surface area is 168 Å². The number of piperidine rings is 2. The molecule has 146 valence electrons. The molecule has 2 N–H and O–H groups in total. The van der Waals surface area contributed by atoms with Crippen molar-refractivity contribution < 1.29 is 0 Å². The quantitative estimate of drug-likeness (QED) is 0.616. The molecule has 4 aliphatic heterocycles. The fraction of sp³-hybridized carbons (Fsp3) is 0.619. The number of rotatable bonds is 4. The van der Waals surface area contributed by atoms with Gasteiger partial charge in [0.2, 0.25) is 0 Å². The molecule has 4 aliphatic rings. The number of nitrogens with one attached hydrogen (secondary N) is 2. The van der Waals surface area contributed by atoms with E-state index in [9.17, 15) is 0 Å². The molecule has 4 heterocycles. The Morgan fingerprint density at radius 2 is 1.74 bits per heavy atom. The predicted molar refractivity (Wildman–Crippen MR) is 115 cm³/mol. The summed E-state index contributed by atoms with van der Waals surface area (Å²) in [4.78, 5) is 5.29. The van der Waals surface area contributed by atoms with Gasteiger partial charge in [-0.1, -0.05) is 44.2 Å². The van der Waals surface area contributed by atoms with Gasteiger partial charge in [-0.3, -0.25) is 5.43 Å². The molecular weight excluding hydrogens is 354 g/mol. The average molecular weight is 386 g/mol. The first-order valence-electron chi connectivity index (χ1n) is 10.1. The molecule has 1 aromatic rings. The summed E-state index contributed by atoms with van der Waals surface area (Å²) in [5, 5.41) is 8.88. The van der Waals surface area contributed by atoms with Gasteiger partial charge >= 0.3 is 0 Å². The zero-order valence-electron chi connectivity index (χ0n) is 16.6. The maximum atomic E-state index is 5.54. The van der Waals surface area contributed by atoms with Crippen LogP contribution < -0.4 is 10.7 Å². The highest BCUT2D eigenvalue weighted by atomic mass is 32.1. The number of nitrogens with zero attached hydrogens (tertiary/aromatic N) is 3. The third-order valence-electron chi connectivity index (χ3n) is 6.63. The summed E-state index contributed by atoms with van der Waals surface area (Å²) in [5.41, 5.74) is 5.89. The van der Waals surface area contributed by atoms with Crippen molar-refractivity contribution in [3.63, 3.8) is 0 Å². The molecule has 0 spiro atoms. The number of fused-ring (bicyclic) bond motifs is 1. The first-order chi connectivity index (χ1) is 13.0. The second-order valence-corrected chi connectivity index (χ2v) is 9.10. The van der Waals surface area contributed by atoms with E-state index in [0.29, 0.717) is 16.9 Å². The lowest BCUT2D eigenvalue weighted by Gasteiger charge is -2.52. The molecule has 5 rings (SSSR count). The largest absolute Gasteiger partial charge is 0.355 e. The normalized spacial score (nSPS) is 34.5.